The summed E-state index contributed by atoms with van der Waals surface area (Å²) >= 11 is 3.49. The molecular formula is C16H15F3N4O2S2. The maximum Gasteiger partial charge on any atom is 0.490 e. The second-order valence-corrected chi connectivity index (χ2v) is 7.56. The highest BCUT2D eigenvalue weighted by Crippen LogP contribution is 2.28. The van der Waals surface area contributed by atoms with Crippen molar-refractivity contribution in [2.24, 2.45) is 0 Å². The fourth-order valence-corrected chi connectivity index (χ4v) is 4.16. The van der Waals surface area contributed by atoms with Crippen molar-refractivity contribution < 1.29 is 23.1 Å². The summed E-state index contributed by atoms with van der Waals surface area (Å²) in [6.07, 6.45) is -2.09. The zero-order chi connectivity index (χ0) is 19.4. The Morgan fingerprint density at radius 3 is 2.81 bits per heavy atom. The number of halogens is 3. The highest BCUT2D eigenvalue weighted by molar-refractivity contribution is 7.20. The van der Waals surface area contributed by atoms with Crippen LogP contribution < -0.4 is 0 Å². The Bertz CT molecular complexity index is 890. The van der Waals surface area contributed by atoms with E-state index in [0.717, 1.165) is 31.1 Å². The number of nitrogens with one attached hydrogen (secondary N) is 1. The number of hydrogen-bond acceptors (Lipinski definition) is 6. The number of aromatic amines is 1. The molecule has 3 aromatic rings. The Labute approximate surface area is 160 Å². The standard InChI is InChI=1S/C14H14N4S2.C2HF3O2/c1-2-13(19-5-1)14-16-11(9-20-14)8-18-4-3-12-10(7-18)6-15-17-12;3-2(4,5)1(6)7/h1-2,5-6,9H,3-4,7-8H2,(H,15,17);(H,6,7). The lowest BCUT2D eigenvalue weighted by Gasteiger charge is -2.25. The number of thiophene rings is 1. The lowest BCUT2D eigenvalue weighted by atomic mass is 10.1. The van der Waals surface area contributed by atoms with Gasteiger partial charge < -0.3 is 5.11 Å². The van der Waals surface area contributed by atoms with Gasteiger partial charge >= 0.3 is 12.1 Å². The van der Waals surface area contributed by atoms with Gasteiger partial charge in [0.15, 0.2) is 0 Å². The van der Waals surface area contributed by atoms with Crippen LogP contribution in [0.15, 0.2) is 29.1 Å². The van der Waals surface area contributed by atoms with E-state index in [1.807, 2.05) is 6.20 Å². The molecule has 1 aliphatic rings. The molecule has 0 unspecified atom stereocenters. The van der Waals surface area contributed by atoms with Gasteiger partial charge in [-0.2, -0.15) is 18.3 Å². The largest absolute Gasteiger partial charge is 0.490 e. The minimum absolute atomic E-state index is 0.923. The van der Waals surface area contributed by atoms with Gasteiger partial charge in [-0.05, 0) is 11.4 Å². The molecule has 144 valence electrons. The molecule has 1 aliphatic heterocycles. The van der Waals surface area contributed by atoms with Gasteiger partial charge in [-0.3, -0.25) is 10.00 Å². The minimum Gasteiger partial charge on any atom is -0.475 e. The number of hydrogen-bond donors (Lipinski definition) is 2. The van der Waals surface area contributed by atoms with Crippen LogP contribution in [0.3, 0.4) is 0 Å². The molecule has 3 aromatic heterocycles. The number of nitrogens with zero attached hydrogens (tertiary/aromatic N) is 3. The van der Waals surface area contributed by atoms with Gasteiger partial charge in [-0.25, -0.2) is 9.78 Å². The second kappa shape index (κ2) is 8.19. The number of carbonyl (C=O) groups is 1. The molecule has 4 heterocycles. The van der Waals surface area contributed by atoms with E-state index in [1.54, 1.807) is 22.7 Å². The van der Waals surface area contributed by atoms with E-state index in [-0.39, 0.29) is 0 Å². The van der Waals surface area contributed by atoms with E-state index in [2.05, 4.69) is 38.0 Å². The predicted molar refractivity (Wildman–Crippen MR) is 95.5 cm³/mol. The fourth-order valence-electron chi connectivity index (χ4n) is 2.54. The number of fused-ring (bicyclic) bond motifs is 1. The first-order chi connectivity index (χ1) is 12.8. The van der Waals surface area contributed by atoms with Crippen LogP contribution >= 0.6 is 22.7 Å². The molecule has 0 aromatic carbocycles. The van der Waals surface area contributed by atoms with Crippen molar-refractivity contribution in [1.29, 1.82) is 0 Å². The van der Waals surface area contributed by atoms with Crippen molar-refractivity contribution in [1.82, 2.24) is 20.1 Å². The zero-order valence-corrected chi connectivity index (χ0v) is 15.5. The van der Waals surface area contributed by atoms with E-state index in [4.69, 9.17) is 14.9 Å². The third-order valence-corrected chi connectivity index (χ3v) is 5.72. The number of rotatable bonds is 3. The van der Waals surface area contributed by atoms with E-state index >= 15 is 0 Å². The lowest BCUT2D eigenvalue weighted by molar-refractivity contribution is -0.192. The molecule has 0 amide bonds. The van der Waals surface area contributed by atoms with Crippen molar-refractivity contribution >= 4 is 28.6 Å². The number of alkyl halides is 3. The molecule has 0 saturated heterocycles. The second-order valence-electron chi connectivity index (χ2n) is 5.76. The van der Waals surface area contributed by atoms with Gasteiger partial charge in [0.25, 0.3) is 0 Å². The summed E-state index contributed by atoms with van der Waals surface area (Å²) in [5.74, 6) is -2.76. The molecule has 0 aliphatic carbocycles. The maximum absolute atomic E-state index is 10.6. The molecule has 0 bridgehead atoms. The highest BCUT2D eigenvalue weighted by atomic mass is 32.1. The van der Waals surface area contributed by atoms with Crippen molar-refractivity contribution in [2.75, 3.05) is 6.54 Å². The van der Waals surface area contributed by atoms with Gasteiger partial charge in [-0.15, -0.1) is 22.7 Å². The summed E-state index contributed by atoms with van der Waals surface area (Å²) < 4.78 is 31.7. The van der Waals surface area contributed by atoms with Gasteiger partial charge in [0.05, 0.1) is 16.8 Å². The summed E-state index contributed by atoms with van der Waals surface area (Å²) in [5.41, 5.74) is 3.79. The van der Waals surface area contributed by atoms with Crippen LogP contribution in [0, 0.1) is 0 Å². The summed E-state index contributed by atoms with van der Waals surface area (Å²) in [6, 6.07) is 4.21. The van der Waals surface area contributed by atoms with Gasteiger partial charge in [-0.1, -0.05) is 6.07 Å². The molecule has 27 heavy (non-hydrogen) atoms. The number of thiazole rings is 1. The van der Waals surface area contributed by atoms with Crippen LogP contribution in [0.2, 0.25) is 0 Å². The van der Waals surface area contributed by atoms with Crippen LogP contribution in [0.4, 0.5) is 13.2 Å². The molecule has 6 nitrogen and oxygen atoms in total. The first-order valence-electron chi connectivity index (χ1n) is 7.85. The summed E-state index contributed by atoms with van der Waals surface area (Å²) in [6.45, 7) is 2.96. The Hall–Kier alpha value is -2.24. The number of H-pyrrole nitrogens is 1. The number of aromatic nitrogens is 3. The van der Waals surface area contributed by atoms with Gasteiger partial charge in [0, 0.05) is 42.7 Å². The van der Waals surface area contributed by atoms with E-state index in [9.17, 15) is 13.2 Å². The average Bonchev–Trinajstić information content (AvgIpc) is 3.35. The minimum atomic E-state index is -5.08. The maximum atomic E-state index is 10.6. The van der Waals surface area contributed by atoms with E-state index in [1.165, 1.54) is 21.8 Å². The van der Waals surface area contributed by atoms with Crippen molar-refractivity contribution in [3.63, 3.8) is 0 Å². The molecule has 0 atom stereocenters. The Balaban J connectivity index is 0.000000260. The van der Waals surface area contributed by atoms with Crippen LogP contribution in [0.5, 0.6) is 0 Å². The first-order valence-corrected chi connectivity index (χ1v) is 9.60. The van der Waals surface area contributed by atoms with E-state index < -0.39 is 12.1 Å². The predicted octanol–water partition coefficient (Wildman–Crippen LogP) is 3.79. The third kappa shape index (κ3) is 5.15. The number of carboxylic acid groups (broad SMARTS) is 1. The molecule has 0 fully saturated rings. The number of carboxylic acids is 1. The summed E-state index contributed by atoms with van der Waals surface area (Å²) in [7, 11) is 0. The smallest absolute Gasteiger partial charge is 0.475 e. The van der Waals surface area contributed by atoms with Gasteiger partial charge in [0.2, 0.25) is 0 Å². The van der Waals surface area contributed by atoms with Crippen LogP contribution in [0.1, 0.15) is 17.0 Å². The van der Waals surface area contributed by atoms with Crippen LogP contribution in [-0.4, -0.2) is 43.9 Å². The summed E-state index contributed by atoms with van der Waals surface area (Å²) in [4.78, 5) is 17.3. The van der Waals surface area contributed by atoms with Crippen LogP contribution in [0.25, 0.3) is 9.88 Å². The SMILES string of the molecule is O=C(O)C(F)(F)F.c1csc(-c2nc(CN3CCc4[nH]ncc4C3)cs2)c1. The van der Waals surface area contributed by atoms with Crippen molar-refractivity contribution in [3.8, 4) is 9.88 Å². The quantitative estimate of drug-likeness (QED) is 0.679. The molecule has 0 spiro atoms. The zero-order valence-electron chi connectivity index (χ0n) is 13.9. The average molecular weight is 416 g/mol. The molecule has 2 N–H and O–H groups in total. The van der Waals surface area contributed by atoms with Crippen molar-refractivity contribution in [3.05, 3.63) is 46.0 Å². The normalized spacial score (nSPS) is 14.3. The topological polar surface area (TPSA) is 82.1 Å². The molecule has 0 radical (unpaired) electrons. The first kappa shape index (κ1) is 19.5. The third-order valence-electron chi connectivity index (χ3n) is 3.79. The van der Waals surface area contributed by atoms with Crippen LogP contribution in [-0.2, 0) is 24.3 Å². The monoisotopic (exact) mass is 416 g/mol. The molecule has 0 saturated carbocycles. The highest BCUT2D eigenvalue weighted by Gasteiger charge is 2.38. The lowest BCUT2D eigenvalue weighted by Crippen LogP contribution is -2.29. The Kier molecular flexibility index (Phi) is 5.92. The molecule has 11 heteroatoms. The Morgan fingerprint density at radius 2 is 2.15 bits per heavy atom. The van der Waals surface area contributed by atoms with Crippen molar-refractivity contribution in [2.45, 2.75) is 25.7 Å². The Morgan fingerprint density at radius 1 is 1.37 bits per heavy atom. The summed E-state index contributed by atoms with van der Waals surface area (Å²) in [5, 5.41) is 19.7. The van der Waals surface area contributed by atoms with Gasteiger partial charge in [0.1, 0.15) is 5.01 Å². The molecular weight excluding hydrogens is 401 g/mol. The fraction of sp³-hybridized carbons (Fsp3) is 0.312. The molecule has 4 rings (SSSR count). The number of aliphatic carboxylic acids is 1. The van der Waals surface area contributed by atoms with E-state index in [0.29, 0.717) is 0 Å².